The minimum Gasteiger partial charge on any atom is -0.416 e. The Morgan fingerprint density at radius 1 is 0.762 bits per heavy atom. The molecule has 5 nitrogen and oxygen atoms in total. The summed E-state index contributed by atoms with van der Waals surface area (Å²) >= 11 is 0. The molecule has 1 saturated heterocycles. The second kappa shape index (κ2) is 6.89. The molecular formula is C12H30O5Si4. The van der Waals surface area contributed by atoms with Crippen LogP contribution < -0.4 is 0 Å². The first-order valence-corrected chi connectivity index (χ1v) is 18.3. The summed E-state index contributed by atoms with van der Waals surface area (Å²) in [5.41, 5.74) is 2.07. The number of rotatable bonds is 4. The first kappa shape index (κ1) is 19.5. The lowest BCUT2D eigenvalue weighted by molar-refractivity contribution is 0.241. The van der Waals surface area contributed by atoms with E-state index in [2.05, 4.69) is 57.6 Å². The number of aliphatic hydroxyl groups excluding tert-OH is 1. The highest BCUT2D eigenvalue weighted by molar-refractivity contribution is 6.94. The lowest BCUT2D eigenvalue weighted by Crippen LogP contribution is -2.64. The molecule has 0 atom stereocenters. The molecule has 0 aliphatic carbocycles. The third-order valence-corrected chi connectivity index (χ3v) is 18.7. The summed E-state index contributed by atoms with van der Waals surface area (Å²) in [6.07, 6.45) is 3.65. The molecule has 0 saturated carbocycles. The van der Waals surface area contributed by atoms with Crippen molar-refractivity contribution in [2.45, 2.75) is 58.7 Å². The normalized spacial score (nSPS) is 27.2. The standard InChI is InChI=1S/C12H30O5Si4/c1-18(2)14-19(3,4)16-21(7,12-10-8-9-11-13)17-20(5,6)15-18/h10,12-13H,8-9,11H2,1-7H3. The minimum atomic E-state index is -2.47. The molecule has 0 aromatic heterocycles. The highest BCUT2D eigenvalue weighted by Crippen LogP contribution is 2.31. The Morgan fingerprint density at radius 2 is 1.19 bits per heavy atom. The molecule has 124 valence electrons. The molecule has 1 fully saturated rings. The maximum atomic E-state index is 8.87. The van der Waals surface area contributed by atoms with Crippen molar-refractivity contribution in [2.24, 2.45) is 0 Å². The van der Waals surface area contributed by atoms with Crippen molar-refractivity contribution in [3.05, 3.63) is 11.8 Å². The van der Waals surface area contributed by atoms with Gasteiger partial charge >= 0.3 is 34.2 Å². The van der Waals surface area contributed by atoms with Gasteiger partial charge in [0.05, 0.1) is 0 Å². The van der Waals surface area contributed by atoms with E-state index in [1.165, 1.54) is 0 Å². The van der Waals surface area contributed by atoms with E-state index in [1.54, 1.807) is 0 Å². The Bertz CT molecular complexity index is 362. The zero-order chi connectivity index (χ0) is 16.4. The first-order chi connectivity index (χ1) is 9.39. The highest BCUT2D eigenvalue weighted by atomic mass is 28.5. The maximum Gasteiger partial charge on any atom is 0.343 e. The Kier molecular flexibility index (Phi) is 6.38. The molecule has 1 aliphatic rings. The molecule has 0 amide bonds. The van der Waals surface area contributed by atoms with E-state index >= 15 is 0 Å². The third-order valence-electron chi connectivity index (χ3n) is 2.83. The summed E-state index contributed by atoms with van der Waals surface area (Å²) in [6.45, 7) is 14.6. The zero-order valence-corrected chi connectivity index (χ0v) is 18.4. The number of aliphatic hydroxyl groups is 1. The van der Waals surface area contributed by atoms with Gasteiger partial charge in [-0.25, -0.2) is 0 Å². The van der Waals surface area contributed by atoms with E-state index in [1.807, 2.05) is 0 Å². The van der Waals surface area contributed by atoms with Crippen molar-refractivity contribution in [2.75, 3.05) is 6.61 Å². The number of hydrogen-bond acceptors (Lipinski definition) is 5. The van der Waals surface area contributed by atoms with Gasteiger partial charge in [-0.3, -0.25) is 0 Å². The van der Waals surface area contributed by atoms with Gasteiger partial charge in [-0.15, -0.1) is 0 Å². The molecule has 0 aromatic rings. The molecule has 0 spiro atoms. The Hall–Kier alpha value is 0.408. The van der Waals surface area contributed by atoms with Crippen LogP contribution in [0.1, 0.15) is 12.8 Å². The lowest BCUT2D eigenvalue weighted by Gasteiger charge is -2.46. The van der Waals surface area contributed by atoms with Crippen LogP contribution in [-0.4, -0.2) is 46.0 Å². The van der Waals surface area contributed by atoms with Gasteiger partial charge in [-0.05, 0) is 64.4 Å². The second-order valence-electron chi connectivity index (χ2n) is 6.89. The molecule has 0 unspecified atom stereocenters. The molecule has 0 radical (unpaired) electrons. The molecule has 1 heterocycles. The largest absolute Gasteiger partial charge is 0.416 e. The van der Waals surface area contributed by atoms with Gasteiger partial charge in [0.25, 0.3) is 0 Å². The van der Waals surface area contributed by atoms with Crippen LogP contribution >= 0.6 is 0 Å². The van der Waals surface area contributed by atoms with Gasteiger partial charge in [-0.1, -0.05) is 6.08 Å². The first-order valence-electron chi connectivity index (χ1n) is 7.48. The quantitative estimate of drug-likeness (QED) is 0.612. The zero-order valence-electron chi connectivity index (χ0n) is 14.4. The van der Waals surface area contributed by atoms with Crippen LogP contribution in [0.25, 0.3) is 0 Å². The number of hydrogen-bond donors (Lipinski definition) is 1. The summed E-state index contributed by atoms with van der Waals surface area (Å²) < 4.78 is 25.3. The van der Waals surface area contributed by atoms with E-state index in [-0.39, 0.29) is 6.61 Å². The van der Waals surface area contributed by atoms with Gasteiger partial charge in [0.2, 0.25) is 0 Å². The third kappa shape index (κ3) is 7.01. The topological polar surface area (TPSA) is 57.2 Å². The molecule has 21 heavy (non-hydrogen) atoms. The van der Waals surface area contributed by atoms with Gasteiger partial charge in [-0.2, -0.15) is 0 Å². The number of unbranched alkanes of at least 4 members (excludes halogenated alkanes) is 1. The molecule has 1 N–H and O–H groups in total. The summed E-state index contributed by atoms with van der Waals surface area (Å²) in [5.74, 6) is 0. The lowest BCUT2D eigenvalue weighted by atomic mass is 10.3. The average molecular weight is 367 g/mol. The summed E-state index contributed by atoms with van der Waals surface area (Å²) in [4.78, 5) is 0. The Balaban J connectivity index is 2.95. The van der Waals surface area contributed by atoms with Crippen molar-refractivity contribution in [1.29, 1.82) is 0 Å². The minimum absolute atomic E-state index is 0.205. The second-order valence-corrected chi connectivity index (χ2v) is 20.9. The molecular weight excluding hydrogens is 336 g/mol. The number of allylic oxidation sites excluding steroid dienone is 1. The van der Waals surface area contributed by atoms with Crippen molar-refractivity contribution in [1.82, 2.24) is 0 Å². The van der Waals surface area contributed by atoms with Crippen molar-refractivity contribution >= 4 is 34.2 Å². The van der Waals surface area contributed by atoms with Gasteiger partial charge < -0.3 is 21.6 Å². The van der Waals surface area contributed by atoms with Crippen LogP contribution in [0.2, 0.25) is 45.8 Å². The fourth-order valence-electron chi connectivity index (χ4n) is 2.82. The maximum absolute atomic E-state index is 8.87. The SMILES string of the molecule is C[Si]1(C)O[Si](C)(C)O[Si](C)(C=CCCCO)O[Si](C)(C)O1. The predicted molar refractivity (Wildman–Crippen MR) is 93.9 cm³/mol. The van der Waals surface area contributed by atoms with Crippen molar-refractivity contribution in [3.8, 4) is 0 Å². The van der Waals surface area contributed by atoms with Gasteiger partial charge in [0, 0.05) is 6.61 Å². The van der Waals surface area contributed by atoms with Crippen molar-refractivity contribution in [3.63, 3.8) is 0 Å². The summed E-state index contributed by atoms with van der Waals surface area (Å²) in [7, 11) is -9.24. The van der Waals surface area contributed by atoms with Crippen LogP contribution in [0.3, 0.4) is 0 Å². The predicted octanol–water partition coefficient (Wildman–Crippen LogP) is 3.11. The fourth-order valence-corrected chi connectivity index (χ4v) is 23.4. The molecule has 1 rings (SSSR count). The molecule has 1 aliphatic heterocycles. The average Bonchev–Trinajstić information content (AvgIpc) is 2.17. The van der Waals surface area contributed by atoms with E-state index < -0.39 is 34.2 Å². The van der Waals surface area contributed by atoms with Crippen LogP contribution in [0.4, 0.5) is 0 Å². The van der Waals surface area contributed by atoms with Crippen LogP contribution in [-0.2, 0) is 16.5 Å². The highest BCUT2D eigenvalue weighted by Gasteiger charge is 2.51. The Labute approximate surface area is 133 Å². The van der Waals surface area contributed by atoms with Crippen LogP contribution in [0.5, 0.6) is 0 Å². The Morgan fingerprint density at radius 3 is 1.62 bits per heavy atom. The molecule has 9 heteroatoms. The summed E-state index contributed by atoms with van der Waals surface area (Å²) in [6, 6.07) is 0. The van der Waals surface area contributed by atoms with Gasteiger partial charge in [0.1, 0.15) is 0 Å². The van der Waals surface area contributed by atoms with Crippen LogP contribution in [0.15, 0.2) is 11.8 Å². The van der Waals surface area contributed by atoms with E-state index in [0.717, 1.165) is 12.8 Å². The molecule has 0 aromatic carbocycles. The van der Waals surface area contributed by atoms with E-state index in [9.17, 15) is 0 Å². The van der Waals surface area contributed by atoms with E-state index in [4.69, 9.17) is 21.6 Å². The molecule has 0 bridgehead atoms. The van der Waals surface area contributed by atoms with E-state index in [0.29, 0.717) is 0 Å². The fraction of sp³-hybridized carbons (Fsp3) is 0.833. The smallest absolute Gasteiger partial charge is 0.343 e. The van der Waals surface area contributed by atoms with Crippen molar-refractivity contribution < 1.29 is 21.6 Å². The van der Waals surface area contributed by atoms with Crippen LogP contribution in [0, 0.1) is 0 Å². The summed E-state index contributed by atoms with van der Waals surface area (Å²) in [5, 5.41) is 8.87. The van der Waals surface area contributed by atoms with Gasteiger partial charge in [0.15, 0.2) is 0 Å². The monoisotopic (exact) mass is 366 g/mol.